The van der Waals surface area contributed by atoms with Crippen molar-refractivity contribution in [1.29, 1.82) is 0 Å². The first-order valence-corrected chi connectivity index (χ1v) is 9.10. The number of benzene rings is 1. The van der Waals surface area contributed by atoms with Crippen molar-refractivity contribution in [3.05, 3.63) is 23.5 Å². The highest BCUT2D eigenvalue weighted by atomic mass is 19.1. The maximum absolute atomic E-state index is 14.4. The van der Waals surface area contributed by atoms with E-state index in [4.69, 9.17) is 9.47 Å². The second kappa shape index (κ2) is 8.34. The molecule has 1 aromatic rings. The maximum atomic E-state index is 14.4. The summed E-state index contributed by atoms with van der Waals surface area (Å²) in [6, 6.07) is 3.10. The summed E-state index contributed by atoms with van der Waals surface area (Å²) in [6.45, 7) is 5.80. The average Bonchev–Trinajstić information content (AvgIpc) is 3.26. The topological polar surface area (TPSA) is 45.2 Å². The smallest absolute Gasteiger partial charge is 0.163 e. The van der Waals surface area contributed by atoms with Crippen molar-refractivity contribution in [2.24, 2.45) is 11.8 Å². The number of aliphatic hydroxyl groups is 1. The molecule has 140 valence electrons. The molecule has 2 saturated heterocycles. The van der Waals surface area contributed by atoms with Gasteiger partial charge in [-0.3, -0.25) is 4.90 Å². The molecular weight excluding hydrogens is 323 g/mol. The molecule has 0 radical (unpaired) electrons. The molecule has 2 aliphatic heterocycles. The Balaban J connectivity index is 1.66. The van der Waals surface area contributed by atoms with Crippen LogP contribution in [-0.2, 0) is 6.54 Å². The van der Waals surface area contributed by atoms with Crippen LogP contribution in [0.2, 0.25) is 0 Å². The van der Waals surface area contributed by atoms with Gasteiger partial charge in [0.25, 0.3) is 0 Å². The SMILES string of the molecule is COc1cc(F)c(CN2C[C@@H](CN3CCCC3)[C@@H](CO)C2)cc1OC. The number of aliphatic hydroxyl groups excluding tert-OH is 1. The molecular formula is C19H29FN2O3. The van der Waals surface area contributed by atoms with Crippen LogP contribution in [0.4, 0.5) is 4.39 Å². The fraction of sp³-hybridized carbons (Fsp3) is 0.684. The van der Waals surface area contributed by atoms with Crippen LogP contribution < -0.4 is 9.47 Å². The van der Waals surface area contributed by atoms with Crippen molar-refractivity contribution in [2.45, 2.75) is 19.4 Å². The zero-order valence-corrected chi connectivity index (χ0v) is 15.2. The quantitative estimate of drug-likeness (QED) is 0.813. The standard InChI is InChI=1S/C19H29FN2O3/c1-24-18-7-14(17(20)8-19(18)25-2)9-22-11-15(16(12-22)13-23)10-21-5-3-4-6-21/h7-8,15-16,23H,3-6,9-13H2,1-2H3/t15-,16-/m1/s1. The van der Waals surface area contributed by atoms with E-state index in [1.807, 2.05) is 0 Å². The normalized spacial score (nSPS) is 24.8. The zero-order chi connectivity index (χ0) is 17.8. The van der Waals surface area contributed by atoms with Crippen molar-refractivity contribution >= 4 is 0 Å². The summed E-state index contributed by atoms with van der Waals surface area (Å²) < 4.78 is 24.8. The molecule has 0 unspecified atom stereocenters. The molecule has 2 atom stereocenters. The van der Waals surface area contributed by atoms with Gasteiger partial charge in [0.15, 0.2) is 11.5 Å². The average molecular weight is 352 g/mol. The summed E-state index contributed by atoms with van der Waals surface area (Å²) in [5.41, 5.74) is 0.608. The van der Waals surface area contributed by atoms with Gasteiger partial charge in [-0.25, -0.2) is 4.39 Å². The number of ether oxygens (including phenoxy) is 2. The Labute approximate surface area is 149 Å². The van der Waals surface area contributed by atoms with Crippen LogP contribution in [0.5, 0.6) is 11.5 Å². The van der Waals surface area contributed by atoms with Crippen LogP contribution in [0, 0.1) is 17.7 Å². The predicted molar refractivity (Wildman–Crippen MR) is 94.5 cm³/mol. The molecule has 0 bridgehead atoms. The van der Waals surface area contributed by atoms with Crippen molar-refractivity contribution in [2.75, 3.05) is 53.6 Å². The summed E-state index contributed by atoms with van der Waals surface area (Å²) >= 11 is 0. The second-order valence-electron chi connectivity index (χ2n) is 7.20. The second-order valence-corrected chi connectivity index (χ2v) is 7.20. The van der Waals surface area contributed by atoms with Gasteiger partial charge in [-0.15, -0.1) is 0 Å². The van der Waals surface area contributed by atoms with Crippen LogP contribution in [0.15, 0.2) is 12.1 Å². The lowest BCUT2D eigenvalue weighted by molar-refractivity contribution is 0.175. The van der Waals surface area contributed by atoms with Gasteiger partial charge in [0.05, 0.1) is 14.2 Å². The Bertz CT molecular complexity index is 578. The Kier molecular flexibility index (Phi) is 6.15. The molecule has 2 aliphatic rings. The number of methoxy groups -OCH3 is 2. The molecule has 2 fully saturated rings. The van der Waals surface area contributed by atoms with E-state index < -0.39 is 0 Å². The van der Waals surface area contributed by atoms with Gasteiger partial charge in [0.1, 0.15) is 5.82 Å². The third-order valence-corrected chi connectivity index (χ3v) is 5.52. The van der Waals surface area contributed by atoms with Gasteiger partial charge in [-0.1, -0.05) is 0 Å². The lowest BCUT2D eigenvalue weighted by Crippen LogP contribution is -2.31. The van der Waals surface area contributed by atoms with Gasteiger partial charge in [-0.2, -0.15) is 0 Å². The van der Waals surface area contributed by atoms with Gasteiger partial charge >= 0.3 is 0 Å². The summed E-state index contributed by atoms with van der Waals surface area (Å²) in [6.07, 6.45) is 2.55. The summed E-state index contributed by atoms with van der Waals surface area (Å²) in [4.78, 5) is 4.74. The molecule has 0 spiro atoms. The van der Waals surface area contributed by atoms with E-state index in [2.05, 4.69) is 9.80 Å². The summed E-state index contributed by atoms with van der Waals surface area (Å²) in [5.74, 6) is 1.40. The number of nitrogens with zero attached hydrogens (tertiary/aromatic N) is 2. The number of likely N-dealkylation sites (tertiary alicyclic amines) is 2. The van der Waals surface area contributed by atoms with E-state index in [9.17, 15) is 9.50 Å². The van der Waals surface area contributed by atoms with Crippen LogP contribution >= 0.6 is 0 Å². The lowest BCUT2D eigenvalue weighted by Gasteiger charge is -2.23. The molecule has 0 saturated carbocycles. The monoisotopic (exact) mass is 352 g/mol. The zero-order valence-electron chi connectivity index (χ0n) is 15.2. The first-order chi connectivity index (χ1) is 12.1. The fourth-order valence-corrected chi connectivity index (χ4v) is 4.13. The van der Waals surface area contributed by atoms with Crippen LogP contribution in [0.3, 0.4) is 0 Å². The summed E-state index contributed by atoms with van der Waals surface area (Å²) in [7, 11) is 3.06. The Morgan fingerprint density at radius 2 is 1.68 bits per heavy atom. The Hall–Kier alpha value is -1.37. The predicted octanol–water partition coefficient (Wildman–Crippen LogP) is 1.98. The first-order valence-electron chi connectivity index (χ1n) is 9.10. The molecule has 3 rings (SSSR count). The lowest BCUT2D eigenvalue weighted by atomic mass is 9.96. The van der Waals surface area contributed by atoms with E-state index in [1.54, 1.807) is 13.2 Å². The summed E-state index contributed by atoms with van der Waals surface area (Å²) in [5, 5.41) is 9.74. The largest absolute Gasteiger partial charge is 0.493 e. The van der Waals surface area contributed by atoms with Gasteiger partial charge < -0.3 is 19.5 Å². The minimum atomic E-state index is -0.277. The maximum Gasteiger partial charge on any atom is 0.163 e. The highest BCUT2D eigenvalue weighted by Crippen LogP contribution is 2.32. The fourth-order valence-electron chi connectivity index (χ4n) is 4.13. The molecule has 0 aromatic heterocycles. The number of halogens is 1. The van der Waals surface area contributed by atoms with E-state index in [0.717, 1.165) is 19.6 Å². The van der Waals surface area contributed by atoms with Gasteiger partial charge in [0, 0.05) is 44.4 Å². The molecule has 1 N–H and O–H groups in total. The minimum absolute atomic E-state index is 0.198. The van der Waals surface area contributed by atoms with Crippen molar-refractivity contribution in [3.63, 3.8) is 0 Å². The third-order valence-electron chi connectivity index (χ3n) is 5.52. The van der Waals surface area contributed by atoms with Crippen molar-refractivity contribution in [3.8, 4) is 11.5 Å². The van der Waals surface area contributed by atoms with Gasteiger partial charge in [0.2, 0.25) is 0 Å². The number of hydrogen-bond acceptors (Lipinski definition) is 5. The molecule has 5 nitrogen and oxygen atoms in total. The highest BCUT2D eigenvalue weighted by Gasteiger charge is 2.34. The molecule has 6 heteroatoms. The Morgan fingerprint density at radius 1 is 1.04 bits per heavy atom. The van der Waals surface area contributed by atoms with Gasteiger partial charge in [-0.05, 0) is 43.8 Å². The van der Waals surface area contributed by atoms with Crippen molar-refractivity contribution in [1.82, 2.24) is 9.80 Å². The molecule has 0 amide bonds. The molecule has 1 aromatic carbocycles. The number of rotatable bonds is 7. The van der Waals surface area contributed by atoms with Crippen LogP contribution in [-0.4, -0.2) is 68.5 Å². The molecule has 2 heterocycles. The Morgan fingerprint density at radius 3 is 2.32 bits per heavy atom. The van der Waals surface area contributed by atoms with Crippen molar-refractivity contribution < 1.29 is 19.0 Å². The minimum Gasteiger partial charge on any atom is -0.493 e. The van der Waals surface area contributed by atoms with Crippen LogP contribution in [0.25, 0.3) is 0 Å². The van der Waals surface area contributed by atoms with E-state index in [0.29, 0.717) is 29.5 Å². The van der Waals surface area contributed by atoms with Crippen LogP contribution in [0.1, 0.15) is 18.4 Å². The van der Waals surface area contributed by atoms with E-state index >= 15 is 0 Å². The number of hydrogen-bond donors (Lipinski definition) is 1. The van der Waals surface area contributed by atoms with E-state index in [1.165, 1.54) is 39.1 Å². The third kappa shape index (κ3) is 4.25. The van der Waals surface area contributed by atoms with E-state index in [-0.39, 0.29) is 18.3 Å². The molecule has 0 aliphatic carbocycles. The first kappa shape index (κ1) is 18.4. The molecule has 25 heavy (non-hydrogen) atoms. The highest BCUT2D eigenvalue weighted by molar-refractivity contribution is 5.43.